The molecule has 2 N–H and O–H groups in total. The van der Waals surface area contributed by atoms with Crippen molar-refractivity contribution in [2.75, 3.05) is 7.05 Å². The summed E-state index contributed by atoms with van der Waals surface area (Å²) < 4.78 is 2.25. The highest BCUT2D eigenvalue weighted by molar-refractivity contribution is 5.94. The number of rotatable bonds is 3. The van der Waals surface area contributed by atoms with Gasteiger partial charge in [-0.1, -0.05) is 38.1 Å². The Balaban J connectivity index is 1.85. The topological polar surface area (TPSA) is 67.2 Å². The summed E-state index contributed by atoms with van der Waals surface area (Å²) in [5.74, 6) is 0.771. The van der Waals surface area contributed by atoms with E-state index in [2.05, 4.69) is 29.8 Å². The van der Waals surface area contributed by atoms with Gasteiger partial charge in [0.2, 0.25) is 0 Å². The molecule has 0 spiro atoms. The Kier molecular flexibility index (Phi) is 3.84. The van der Waals surface area contributed by atoms with Crippen LogP contribution >= 0.6 is 0 Å². The summed E-state index contributed by atoms with van der Waals surface area (Å²) in [5, 5.41) is 12.9. The number of carbonyl (C=O) groups is 1. The first kappa shape index (κ1) is 16.8. The van der Waals surface area contributed by atoms with Crippen LogP contribution in [0.3, 0.4) is 0 Å². The number of nitrogens with zero attached hydrogens (tertiary/aromatic N) is 2. The minimum Gasteiger partial charge on any atom is -0.392 e. The van der Waals surface area contributed by atoms with E-state index in [1.807, 2.05) is 42.5 Å². The molecule has 1 amide bonds. The maximum atomic E-state index is 11.8. The highest BCUT2D eigenvalue weighted by Crippen LogP contribution is 2.51. The van der Waals surface area contributed by atoms with E-state index in [-0.39, 0.29) is 23.5 Å². The van der Waals surface area contributed by atoms with Gasteiger partial charge in [0.15, 0.2) is 0 Å². The lowest BCUT2D eigenvalue weighted by Crippen LogP contribution is -2.50. The predicted molar refractivity (Wildman–Crippen MR) is 102 cm³/mol. The molecule has 2 aromatic carbocycles. The molecule has 1 fully saturated rings. The standard InChI is InChI=1S/C21H23N3O2/c1-21(2)17(12-18(21)25)24-16-7-5-4-6-15(16)23-19(24)13-8-10-14(11-9-13)20(26)22-3/h4-11,17-18,25H,12H2,1-3H3,(H,22,26). The molecule has 1 saturated carbocycles. The summed E-state index contributed by atoms with van der Waals surface area (Å²) in [6, 6.07) is 15.8. The number of amides is 1. The van der Waals surface area contributed by atoms with Crippen LogP contribution in [0.25, 0.3) is 22.4 Å². The van der Waals surface area contributed by atoms with Gasteiger partial charge in [-0.15, -0.1) is 0 Å². The van der Waals surface area contributed by atoms with Crippen LogP contribution in [-0.4, -0.2) is 33.7 Å². The number of benzene rings is 2. The summed E-state index contributed by atoms with van der Waals surface area (Å²) in [6.45, 7) is 4.19. The quantitative estimate of drug-likeness (QED) is 0.762. The Morgan fingerprint density at radius 1 is 1.19 bits per heavy atom. The average Bonchev–Trinajstić information content (AvgIpc) is 3.04. The third kappa shape index (κ3) is 2.42. The second-order valence-corrected chi connectivity index (χ2v) is 7.54. The zero-order valence-corrected chi connectivity index (χ0v) is 15.2. The Morgan fingerprint density at radius 3 is 2.50 bits per heavy atom. The number of nitrogens with one attached hydrogen (secondary N) is 1. The lowest BCUT2D eigenvalue weighted by Gasteiger charge is -2.50. The highest BCUT2D eigenvalue weighted by atomic mass is 16.3. The fourth-order valence-electron chi connectivity index (χ4n) is 3.80. The zero-order valence-electron chi connectivity index (χ0n) is 15.2. The van der Waals surface area contributed by atoms with E-state index < -0.39 is 0 Å². The number of aromatic nitrogens is 2. The summed E-state index contributed by atoms with van der Waals surface area (Å²) in [4.78, 5) is 16.6. The van der Waals surface area contributed by atoms with Crippen LogP contribution in [0.15, 0.2) is 48.5 Å². The molecule has 0 aliphatic heterocycles. The van der Waals surface area contributed by atoms with Crippen molar-refractivity contribution in [3.05, 3.63) is 54.1 Å². The van der Waals surface area contributed by atoms with Crippen molar-refractivity contribution in [2.24, 2.45) is 5.41 Å². The van der Waals surface area contributed by atoms with Crippen LogP contribution < -0.4 is 5.32 Å². The van der Waals surface area contributed by atoms with Gasteiger partial charge < -0.3 is 15.0 Å². The molecule has 0 bridgehead atoms. The third-order valence-electron chi connectivity index (χ3n) is 5.70. The summed E-state index contributed by atoms with van der Waals surface area (Å²) in [5.41, 5.74) is 3.39. The SMILES string of the molecule is CNC(=O)c1ccc(-c2nc3ccccc3n2C2CC(O)C2(C)C)cc1. The van der Waals surface area contributed by atoms with Gasteiger partial charge in [0.05, 0.1) is 17.1 Å². The molecule has 0 radical (unpaired) electrons. The normalized spacial score (nSPS) is 21.4. The van der Waals surface area contributed by atoms with E-state index >= 15 is 0 Å². The van der Waals surface area contributed by atoms with Crippen molar-refractivity contribution in [2.45, 2.75) is 32.4 Å². The summed E-state index contributed by atoms with van der Waals surface area (Å²) >= 11 is 0. The van der Waals surface area contributed by atoms with E-state index in [0.717, 1.165) is 28.8 Å². The van der Waals surface area contributed by atoms with Crippen LogP contribution in [0.5, 0.6) is 0 Å². The van der Waals surface area contributed by atoms with Crippen molar-refractivity contribution in [3.8, 4) is 11.4 Å². The maximum Gasteiger partial charge on any atom is 0.251 e. The van der Waals surface area contributed by atoms with Crippen molar-refractivity contribution >= 4 is 16.9 Å². The molecule has 5 heteroatoms. The van der Waals surface area contributed by atoms with Gasteiger partial charge in [-0.3, -0.25) is 4.79 Å². The van der Waals surface area contributed by atoms with Crippen molar-refractivity contribution in [3.63, 3.8) is 0 Å². The Bertz CT molecular complexity index is 973. The van der Waals surface area contributed by atoms with Crippen molar-refractivity contribution < 1.29 is 9.90 Å². The van der Waals surface area contributed by atoms with Crippen LogP contribution in [-0.2, 0) is 0 Å². The number of imidazole rings is 1. The Labute approximate surface area is 152 Å². The first-order valence-electron chi connectivity index (χ1n) is 8.91. The van der Waals surface area contributed by atoms with E-state index in [9.17, 15) is 9.90 Å². The van der Waals surface area contributed by atoms with Gasteiger partial charge >= 0.3 is 0 Å². The number of fused-ring (bicyclic) bond motifs is 1. The molecule has 1 aromatic heterocycles. The molecule has 3 aromatic rings. The monoisotopic (exact) mass is 349 g/mol. The molecular weight excluding hydrogens is 326 g/mol. The van der Waals surface area contributed by atoms with E-state index in [1.54, 1.807) is 7.05 Å². The number of hydrogen-bond donors (Lipinski definition) is 2. The molecular formula is C21H23N3O2. The van der Waals surface area contributed by atoms with Gasteiger partial charge in [-0.25, -0.2) is 4.98 Å². The molecule has 1 aliphatic carbocycles. The van der Waals surface area contributed by atoms with E-state index in [1.165, 1.54) is 0 Å². The minimum atomic E-state index is -0.308. The lowest BCUT2D eigenvalue weighted by molar-refractivity contribution is -0.0872. The Morgan fingerprint density at radius 2 is 1.88 bits per heavy atom. The van der Waals surface area contributed by atoms with Gasteiger partial charge in [0.25, 0.3) is 5.91 Å². The first-order valence-corrected chi connectivity index (χ1v) is 8.91. The van der Waals surface area contributed by atoms with Gasteiger partial charge in [-0.05, 0) is 30.7 Å². The Hall–Kier alpha value is -2.66. The van der Waals surface area contributed by atoms with Gasteiger partial charge in [0.1, 0.15) is 5.82 Å². The second-order valence-electron chi connectivity index (χ2n) is 7.54. The van der Waals surface area contributed by atoms with Crippen LogP contribution in [0.2, 0.25) is 0 Å². The molecule has 4 rings (SSSR count). The van der Waals surface area contributed by atoms with Crippen LogP contribution in [0.1, 0.15) is 36.7 Å². The molecule has 26 heavy (non-hydrogen) atoms. The lowest BCUT2D eigenvalue weighted by atomic mass is 9.64. The number of para-hydroxylation sites is 2. The van der Waals surface area contributed by atoms with Gasteiger partial charge in [0, 0.05) is 29.6 Å². The number of hydrogen-bond acceptors (Lipinski definition) is 3. The average molecular weight is 349 g/mol. The first-order chi connectivity index (χ1) is 12.4. The summed E-state index contributed by atoms with van der Waals surface area (Å²) in [7, 11) is 1.62. The third-order valence-corrected chi connectivity index (χ3v) is 5.70. The number of aliphatic hydroxyl groups is 1. The second kappa shape index (κ2) is 5.95. The molecule has 2 atom stereocenters. The van der Waals surface area contributed by atoms with Crippen LogP contribution in [0.4, 0.5) is 0 Å². The molecule has 2 unspecified atom stereocenters. The van der Waals surface area contributed by atoms with Crippen molar-refractivity contribution in [1.29, 1.82) is 0 Å². The largest absolute Gasteiger partial charge is 0.392 e. The minimum absolute atomic E-state index is 0.103. The fourth-order valence-corrected chi connectivity index (χ4v) is 3.80. The van der Waals surface area contributed by atoms with Crippen LogP contribution in [0, 0.1) is 5.41 Å². The van der Waals surface area contributed by atoms with E-state index in [4.69, 9.17) is 4.98 Å². The smallest absolute Gasteiger partial charge is 0.251 e. The molecule has 1 heterocycles. The molecule has 0 saturated heterocycles. The predicted octanol–water partition coefficient (Wildman–Crippen LogP) is 3.39. The van der Waals surface area contributed by atoms with E-state index in [0.29, 0.717) is 5.56 Å². The van der Waals surface area contributed by atoms with Crippen molar-refractivity contribution in [1.82, 2.24) is 14.9 Å². The molecule has 1 aliphatic rings. The molecule has 134 valence electrons. The number of carbonyl (C=O) groups excluding carboxylic acids is 1. The molecule has 5 nitrogen and oxygen atoms in total. The number of aliphatic hydroxyl groups excluding tert-OH is 1. The highest BCUT2D eigenvalue weighted by Gasteiger charge is 2.49. The fraction of sp³-hybridized carbons (Fsp3) is 0.333. The zero-order chi connectivity index (χ0) is 18.5. The van der Waals surface area contributed by atoms with Gasteiger partial charge in [-0.2, -0.15) is 0 Å². The maximum absolute atomic E-state index is 11.8. The summed E-state index contributed by atoms with van der Waals surface area (Å²) in [6.07, 6.45) is 0.411.